The molecule has 0 amide bonds. The molecular weight excluding hydrogens is 574 g/mol. The Bertz CT molecular complexity index is 1220. The molecule has 43 heavy (non-hydrogen) atoms. The summed E-state index contributed by atoms with van der Waals surface area (Å²) in [5.74, 6) is 2.52. The van der Waals surface area contributed by atoms with Crippen LogP contribution in [-0.2, 0) is 30.2 Å². The van der Waals surface area contributed by atoms with E-state index in [2.05, 4.69) is 25.0 Å². The highest BCUT2D eigenvalue weighted by Gasteiger charge is 2.27. The topological polar surface area (TPSA) is 132 Å². The highest BCUT2D eigenvalue weighted by molar-refractivity contribution is 7.09. The van der Waals surface area contributed by atoms with Crippen molar-refractivity contribution in [2.75, 3.05) is 121 Å². The van der Waals surface area contributed by atoms with Crippen LogP contribution in [0.4, 0.5) is 23.5 Å². The van der Waals surface area contributed by atoms with Gasteiger partial charge < -0.3 is 43.7 Å². The Morgan fingerprint density at radius 3 is 1.86 bits per heavy atom. The zero-order chi connectivity index (χ0) is 30.4. The van der Waals surface area contributed by atoms with Crippen molar-refractivity contribution in [3.8, 4) is 0 Å². The Morgan fingerprint density at radius 1 is 0.791 bits per heavy atom. The monoisotopic (exact) mass is 619 g/mol. The van der Waals surface area contributed by atoms with Crippen molar-refractivity contribution in [2.45, 2.75) is 25.5 Å². The van der Waals surface area contributed by atoms with Gasteiger partial charge in [0.15, 0.2) is 11.6 Å². The van der Waals surface area contributed by atoms with E-state index >= 15 is 0 Å². The molecular formula is C28H45N9O5S. The summed E-state index contributed by atoms with van der Waals surface area (Å²) in [4.78, 5) is 31.2. The van der Waals surface area contributed by atoms with E-state index in [4.69, 9.17) is 43.6 Å². The molecule has 14 nitrogen and oxygen atoms in total. The van der Waals surface area contributed by atoms with E-state index in [0.29, 0.717) is 87.9 Å². The molecule has 4 rings (SSSR count). The molecule has 1 fully saturated rings. The third-order valence-corrected chi connectivity index (χ3v) is 8.07. The SMILES string of the molecule is COCCN(CCOC)c1nc(N2CCC(OC)CC2)c2nc(N(CCOC)CCOC)nc(NCc3nccs3)c2n1. The van der Waals surface area contributed by atoms with Gasteiger partial charge in [-0.25, -0.2) is 15.0 Å². The molecule has 0 unspecified atom stereocenters. The zero-order valence-electron chi connectivity index (χ0n) is 26.0. The van der Waals surface area contributed by atoms with Gasteiger partial charge in [-0.2, -0.15) is 9.97 Å². The Balaban J connectivity index is 1.87. The molecule has 0 aromatic carbocycles. The summed E-state index contributed by atoms with van der Waals surface area (Å²) in [6, 6.07) is 0. The molecule has 1 aliphatic heterocycles. The van der Waals surface area contributed by atoms with Crippen molar-refractivity contribution < 1.29 is 23.7 Å². The van der Waals surface area contributed by atoms with Gasteiger partial charge in [0.05, 0.1) is 39.1 Å². The summed E-state index contributed by atoms with van der Waals surface area (Å²) in [6.07, 6.45) is 3.82. The molecule has 0 atom stereocenters. The third-order valence-electron chi connectivity index (χ3n) is 7.29. The lowest BCUT2D eigenvalue weighted by molar-refractivity contribution is 0.0818. The van der Waals surface area contributed by atoms with Crippen LogP contribution in [-0.4, -0.2) is 132 Å². The molecule has 238 valence electrons. The van der Waals surface area contributed by atoms with Crippen LogP contribution in [0, 0.1) is 0 Å². The molecule has 0 radical (unpaired) electrons. The average molecular weight is 620 g/mol. The quantitative estimate of drug-likeness (QED) is 0.210. The number of hydrogen-bond acceptors (Lipinski definition) is 15. The molecule has 1 aliphatic rings. The van der Waals surface area contributed by atoms with Gasteiger partial charge in [0.2, 0.25) is 11.9 Å². The van der Waals surface area contributed by atoms with Gasteiger partial charge in [-0.15, -0.1) is 11.3 Å². The van der Waals surface area contributed by atoms with E-state index in [9.17, 15) is 0 Å². The number of anilines is 4. The number of nitrogens with one attached hydrogen (secondary N) is 1. The molecule has 0 spiro atoms. The van der Waals surface area contributed by atoms with Crippen molar-refractivity contribution in [1.82, 2.24) is 24.9 Å². The molecule has 0 bridgehead atoms. The second-order valence-corrected chi connectivity index (χ2v) is 11.0. The molecule has 0 aliphatic carbocycles. The molecule has 15 heteroatoms. The first-order chi connectivity index (χ1) is 21.1. The van der Waals surface area contributed by atoms with Crippen molar-refractivity contribution in [3.63, 3.8) is 0 Å². The standard InChI is InChI=1S/C28H45N9O5S/c1-38-15-11-36(12-16-39-2)27-32-24-23(25(33-27)30-20-22-29-8-19-43-22)31-28(37(13-17-40-3)14-18-41-4)34-26(24)35-9-6-21(42-5)7-10-35/h8,19,21H,6-7,9-18,20H2,1-5H3,(H,30,32,33). The smallest absolute Gasteiger partial charge is 0.228 e. The van der Waals surface area contributed by atoms with E-state index in [1.165, 1.54) is 0 Å². The number of piperidine rings is 1. The van der Waals surface area contributed by atoms with Gasteiger partial charge in [-0.3, -0.25) is 0 Å². The van der Waals surface area contributed by atoms with Crippen LogP contribution in [0.1, 0.15) is 17.8 Å². The van der Waals surface area contributed by atoms with Crippen molar-refractivity contribution in [3.05, 3.63) is 16.6 Å². The maximum atomic E-state index is 5.66. The zero-order valence-corrected chi connectivity index (χ0v) is 26.8. The number of rotatable bonds is 19. The number of fused-ring (bicyclic) bond motifs is 1. The molecule has 1 saturated heterocycles. The second kappa shape index (κ2) is 17.4. The number of ether oxygens (including phenoxy) is 5. The fraction of sp³-hybridized carbons (Fsp3) is 0.679. The molecule has 3 aromatic rings. The van der Waals surface area contributed by atoms with E-state index in [1.807, 2.05) is 5.38 Å². The van der Waals surface area contributed by atoms with Crippen LogP contribution in [0.25, 0.3) is 11.0 Å². The van der Waals surface area contributed by atoms with Crippen LogP contribution in [0.15, 0.2) is 11.6 Å². The predicted molar refractivity (Wildman–Crippen MR) is 169 cm³/mol. The van der Waals surface area contributed by atoms with Crippen LogP contribution < -0.4 is 20.0 Å². The fourth-order valence-electron chi connectivity index (χ4n) is 4.84. The number of nitrogens with zero attached hydrogens (tertiary/aromatic N) is 8. The number of methoxy groups -OCH3 is 5. The second-order valence-electron chi connectivity index (χ2n) is 10.1. The molecule has 1 N–H and O–H groups in total. The summed E-state index contributed by atoms with van der Waals surface area (Å²) in [7, 11) is 8.53. The Labute approximate surface area is 257 Å². The lowest BCUT2D eigenvalue weighted by atomic mass is 10.1. The molecule has 4 heterocycles. The minimum Gasteiger partial charge on any atom is -0.383 e. The highest BCUT2D eigenvalue weighted by Crippen LogP contribution is 2.33. The number of thiazole rings is 1. The van der Waals surface area contributed by atoms with Gasteiger partial charge >= 0.3 is 0 Å². The first-order valence-electron chi connectivity index (χ1n) is 14.6. The molecule has 0 saturated carbocycles. The predicted octanol–water partition coefficient (Wildman–Crippen LogP) is 2.30. The van der Waals surface area contributed by atoms with Gasteiger partial charge in [-0.05, 0) is 12.8 Å². The fourth-order valence-corrected chi connectivity index (χ4v) is 5.39. The van der Waals surface area contributed by atoms with Crippen molar-refractivity contribution in [2.24, 2.45) is 0 Å². The first-order valence-corrected chi connectivity index (χ1v) is 15.4. The lowest BCUT2D eigenvalue weighted by Gasteiger charge is -2.33. The summed E-state index contributed by atoms with van der Waals surface area (Å²) in [5.41, 5.74) is 1.33. The van der Waals surface area contributed by atoms with Crippen LogP contribution in [0.2, 0.25) is 0 Å². The van der Waals surface area contributed by atoms with Crippen LogP contribution in [0.5, 0.6) is 0 Å². The first kappa shape index (κ1) is 33.0. The van der Waals surface area contributed by atoms with Gasteiger partial charge in [-0.1, -0.05) is 0 Å². The number of aromatic nitrogens is 5. The summed E-state index contributed by atoms with van der Waals surface area (Å²) >= 11 is 1.59. The van der Waals surface area contributed by atoms with E-state index in [-0.39, 0.29) is 6.10 Å². The van der Waals surface area contributed by atoms with E-state index in [0.717, 1.165) is 36.8 Å². The number of hydrogen-bond donors (Lipinski definition) is 1. The van der Waals surface area contributed by atoms with Gasteiger partial charge in [0.1, 0.15) is 16.0 Å². The minimum absolute atomic E-state index is 0.225. The maximum Gasteiger partial charge on any atom is 0.228 e. The van der Waals surface area contributed by atoms with E-state index < -0.39 is 0 Å². The summed E-state index contributed by atoms with van der Waals surface area (Å²) < 4.78 is 27.3. The van der Waals surface area contributed by atoms with Crippen LogP contribution in [0.3, 0.4) is 0 Å². The lowest BCUT2D eigenvalue weighted by Crippen LogP contribution is -2.38. The van der Waals surface area contributed by atoms with Gasteiger partial charge in [0, 0.05) is 86.4 Å². The maximum absolute atomic E-state index is 5.66. The van der Waals surface area contributed by atoms with Crippen LogP contribution >= 0.6 is 11.3 Å². The van der Waals surface area contributed by atoms with Crippen molar-refractivity contribution in [1.29, 1.82) is 0 Å². The minimum atomic E-state index is 0.225. The summed E-state index contributed by atoms with van der Waals surface area (Å²) in [5, 5.41) is 6.42. The highest BCUT2D eigenvalue weighted by atomic mass is 32.1. The normalized spacial score (nSPS) is 14.0. The largest absolute Gasteiger partial charge is 0.383 e. The Morgan fingerprint density at radius 2 is 1.35 bits per heavy atom. The van der Waals surface area contributed by atoms with Crippen molar-refractivity contribution >= 4 is 45.9 Å². The van der Waals surface area contributed by atoms with E-state index in [1.54, 1.807) is 53.1 Å². The summed E-state index contributed by atoms with van der Waals surface area (Å²) in [6.45, 7) is 6.61. The average Bonchev–Trinajstić information content (AvgIpc) is 3.57. The Hall–Kier alpha value is -2.95. The van der Waals surface area contributed by atoms with Gasteiger partial charge in [0.25, 0.3) is 0 Å². The molecule has 3 aromatic heterocycles. The Kier molecular flexibility index (Phi) is 13.3. The third kappa shape index (κ3) is 9.03.